The standard InChI is InChI=1S/C17H21FN2O/c1-12-13(2)21-17(19-12)11-20(16-6-7-16)9-8-14-4-3-5-15(18)10-14/h3-5,10,16H,6-9,11H2,1-2H3. The van der Waals surface area contributed by atoms with Crippen LogP contribution in [0.5, 0.6) is 0 Å². The number of oxazole rings is 1. The lowest BCUT2D eigenvalue weighted by Gasteiger charge is -2.20. The van der Waals surface area contributed by atoms with Crippen molar-refractivity contribution >= 4 is 0 Å². The van der Waals surface area contributed by atoms with E-state index in [0.717, 1.165) is 42.4 Å². The van der Waals surface area contributed by atoms with Crippen molar-refractivity contribution in [1.29, 1.82) is 0 Å². The highest BCUT2D eigenvalue weighted by Crippen LogP contribution is 2.28. The third-order valence-electron chi connectivity index (χ3n) is 4.05. The Morgan fingerprint density at radius 2 is 2.14 bits per heavy atom. The van der Waals surface area contributed by atoms with Crippen molar-refractivity contribution in [2.75, 3.05) is 6.54 Å². The number of rotatable bonds is 6. The summed E-state index contributed by atoms with van der Waals surface area (Å²) in [4.78, 5) is 6.86. The fourth-order valence-corrected chi connectivity index (χ4v) is 2.58. The lowest BCUT2D eigenvalue weighted by molar-refractivity contribution is 0.230. The largest absolute Gasteiger partial charge is 0.444 e. The second kappa shape index (κ2) is 5.98. The van der Waals surface area contributed by atoms with Gasteiger partial charge in [-0.25, -0.2) is 9.37 Å². The first kappa shape index (κ1) is 14.3. The van der Waals surface area contributed by atoms with Gasteiger partial charge in [-0.2, -0.15) is 0 Å². The molecule has 0 unspecified atom stereocenters. The number of hydrogen-bond acceptors (Lipinski definition) is 3. The molecule has 0 atom stereocenters. The fraction of sp³-hybridized carbons (Fsp3) is 0.471. The molecule has 0 saturated heterocycles. The molecular formula is C17H21FN2O. The average Bonchev–Trinajstić information content (AvgIpc) is 3.23. The second-order valence-electron chi connectivity index (χ2n) is 5.83. The summed E-state index contributed by atoms with van der Waals surface area (Å²) in [5.41, 5.74) is 2.01. The maximum Gasteiger partial charge on any atom is 0.208 e. The van der Waals surface area contributed by atoms with Crippen LogP contribution >= 0.6 is 0 Å². The SMILES string of the molecule is Cc1nc(CN(CCc2cccc(F)c2)C2CC2)oc1C. The predicted octanol–water partition coefficient (Wildman–Crippen LogP) is 3.64. The van der Waals surface area contributed by atoms with E-state index in [1.807, 2.05) is 19.9 Å². The van der Waals surface area contributed by atoms with Crippen LogP contribution in [0.1, 0.15) is 35.7 Å². The van der Waals surface area contributed by atoms with Gasteiger partial charge in [-0.3, -0.25) is 4.90 Å². The summed E-state index contributed by atoms with van der Waals surface area (Å²) in [5.74, 6) is 1.52. The highest BCUT2D eigenvalue weighted by molar-refractivity contribution is 5.16. The third-order valence-corrected chi connectivity index (χ3v) is 4.05. The monoisotopic (exact) mass is 288 g/mol. The Kier molecular flexibility index (Phi) is 4.06. The molecule has 1 aliphatic rings. The zero-order valence-corrected chi connectivity index (χ0v) is 12.6. The number of hydrogen-bond donors (Lipinski definition) is 0. The van der Waals surface area contributed by atoms with Crippen LogP contribution in [0, 0.1) is 19.7 Å². The van der Waals surface area contributed by atoms with Crippen molar-refractivity contribution in [3.05, 3.63) is 53.0 Å². The number of halogens is 1. The molecule has 0 N–H and O–H groups in total. The van der Waals surface area contributed by atoms with Crippen molar-refractivity contribution < 1.29 is 8.81 Å². The first-order valence-electron chi connectivity index (χ1n) is 7.53. The Bertz CT molecular complexity index is 600. The smallest absolute Gasteiger partial charge is 0.208 e. The van der Waals surface area contributed by atoms with Crippen LogP contribution in [0.3, 0.4) is 0 Å². The minimum atomic E-state index is -0.163. The zero-order chi connectivity index (χ0) is 14.8. The Hall–Kier alpha value is -1.68. The van der Waals surface area contributed by atoms with Crippen LogP contribution in [0.2, 0.25) is 0 Å². The molecule has 3 nitrogen and oxygen atoms in total. The summed E-state index contributed by atoms with van der Waals surface area (Å²) >= 11 is 0. The topological polar surface area (TPSA) is 29.3 Å². The van der Waals surface area contributed by atoms with E-state index in [2.05, 4.69) is 9.88 Å². The van der Waals surface area contributed by atoms with Gasteiger partial charge in [0.2, 0.25) is 5.89 Å². The molecule has 2 aromatic rings. The van der Waals surface area contributed by atoms with Gasteiger partial charge in [0.25, 0.3) is 0 Å². The first-order chi connectivity index (χ1) is 10.1. The minimum Gasteiger partial charge on any atom is -0.444 e. The summed E-state index contributed by atoms with van der Waals surface area (Å²) in [6, 6.07) is 7.48. The van der Waals surface area contributed by atoms with E-state index in [1.54, 1.807) is 12.1 Å². The van der Waals surface area contributed by atoms with E-state index in [4.69, 9.17) is 4.42 Å². The van der Waals surface area contributed by atoms with Crippen LogP contribution < -0.4 is 0 Å². The van der Waals surface area contributed by atoms with E-state index in [0.29, 0.717) is 6.04 Å². The van der Waals surface area contributed by atoms with E-state index in [-0.39, 0.29) is 5.82 Å². The van der Waals surface area contributed by atoms with E-state index in [1.165, 1.54) is 18.9 Å². The number of nitrogens with zero attached hydrogens (tertiary/aromatic N) is 2. The van der Waals surface area contributed by atoms with Gasteiger partial charge in [0.1, 0.15) is 11.6 Å². The van der Waals surface area contributed by atoms with E-state index < -0.39 is 0 Å². The van der Waals surface area contributed by atoms with Gasteiger partial charge in [0.05, 0.1) is 12.2 Å². The summed E-state index contributed by atoms with van der Waals surface area (Å²) in [7, 11) is 0. The summed E-state index contributed by atoms with van der Waals surface area (Å²) < 4.78 is 18.9. The molecule has 0 amide bonds. The van der Waals surface area contributed by atoms with Crippen molar-refractivity contribution in [3.8, 4) is 0 Å². The van der Waals surface area contributed by atoms with Crippen LogP contribution in [-0.2, 0) is 13.0 Å². The van der Waals surface area contributed by atoms with Crippen LogP contribution in [0.25, 0.3) is 0 Å². The molecule has 1 heterocycles. The lowest BCUT2D eigenvalue weighted by atomic mass is 10.1. The van der Waals surface area contributed by atoms with Crippen molar-refractivity contribution in [1.82, 2.24) is 9.88 Å². The molecule has 0 radical (unpaired) electrons. The molecule has 0 spiro atoms. The van der Waals surface area contributed by atoms with Crippen molar-refractivity contribution in [2.45, 2.75) is 45.7 Å². The van der Waals surface area contributed by atoms with Gasteiger partial charge in [-0.05, 0) is 50.8 Å². The maximum atomic E-state index is 13.2. The van der Waals surface area contributed by atoms with Crippen molar-refractivity contribution in [3.63, 3.8) is 0 Å². The molecule has 3 rings (SSSR count). The molecule has 0 bridgehead atoms. The highest BCUT2D eigenvalue weighted by Gasteiger charge is 2.29. The maximum absolute atomic E-state index is 13.2. The minimum absolute atomic E-state index is 0.163. The number of aryl methyl sites for hydroxylation is 2. The number of aromatic nitrogens is 1. The summed E-state index contributed by atoms with van der Waals surface area (Å²) in [6.07, 6.45) is 3.33. The molecular weight excluding hydrogens is 267 g/mol. The first-order valence-corrected chi connectivity index (χ1v) is 7.53. The van der Waals surface area contributed by atoms with Crippen molar-refractivity contribution in [2.24, 2.45) is 0 Å². The van der Waals surface area contributed by atoms with Crippen LogP contribution in [0.4, 0.5) is 4.39 Å². The van der Waals surface area contributed by atoms with Gasteiger partial charge in [0.15, 0.2) is 0 Å². The molecule has 1 saturated carbocycles. The molecule has 0 aliphatic heterocycles. The average molecular weight is 288 g/mol. The van der Waals surface area contributed by atoms with Gasteiger partial charge in [-0.1, -0.05) is 12.1 Å². The Morgan fingerprint density at radius 3 is 2.76 bits per heavy atom. The van der Waals surface area contributed by atoms with Gasteiger partial charge in [0, 0.05) is 12.6 Å². The Labute approximate surface area is 124 Å². The molecule has 112 valence electrons. The molecule has 1 aromatic carbocycles. The molecule has 4 heteroatoms. The third kappa shape index (κ3) is 3.70. The summed E-state index contributed by atoms with van der Waals surface area (Å²) in [5, 5.41) is 0. The quantitative estimate of drug-likeness (QED) is 0.812. The van der Waals surface area contributed by atoms with Gasteiger partial charge < -0.3 is 4.42 Å². The fourth-order valence-electron chi connectivity index (χ4n) is 2.58. The van der Waals surface area contributed by atoms with Crippen LogP contribution in [-0.4, -0.2) is 22.5 Å². The summed E-state index contributed by atoms with van der Waals surface area (Å²) in [6.45, 7) is 5.57. The second-order valence-corrected chi connectivity index (χ2v) is 5.83. The van der Waals surface area contributed by atoms with Gasteiger partial charge in [-0.15, -0.1) is 0 Å². The lowest BCUT2D eigenvalue weighted by Crippen LogP contribution is -2.28. The number of benzene rings is 1. The van der Waals surface area contributed by atoms with E-state index >= 15 is 0 Å². The molecule has 21 heavy (non-hydrogen) atoms. The predicted molar refractivity (Wildman–Crippen MR) is 79.5 cm³/mol. The Morgan fingerprint density at radius 1 is 1.33 bits per heavy atom. The zero-order valence-electron chi connectivity index (χ0n) is 12.6. The Balaban J connectivity index is 1.62. The van der Waals surface area contributed by atoms with Crippen LogP contribution in [0.15, 0.2) is 28.7 Å². The normalized spacial score (nSPS) is 14.9. The molecule has 1 aromatic heterocycles. The van der Waals surface area contributed by atoms with E-state index in [9.17, 15) is 4.39 Å². The van der Waals surface area contributed by atoms with Gasteiger partial charge >= 0.3 is 0 Å². The highest BCUT2D eigenvalue weighted by atomic mass is 19.1. The molecule has 1 aliphatic carbocycles. The molecule has 1 fully saturated rings.